The normalized spacial score (nSPS) is 29.7. The van der Waals surface area contributed by atoms with Crippen molar-refractivity contribution in [1.29, 1.82) is 0 Å². The summed E-state index contributed by atoms with van der Waals surface area (Å²) in [6, 6.07) is 6.98. The van der Waals surface area contributed by atoms with Gasteiger partial charge in [-0.05, 0) is 37.6 Å². The van der Waals surface area contributed by atoms with Crippen LogP contribution in [0.4, 0.5) is 0 Å². The molecule has 2 aliphatic heterocycles. The number of phenolic OH excluding ortho intramolecular Hbond substituents is 1. The van der Waals surface area contributed by atoms with E-state index in [1.807, 2.05) is 13.0 Å². The van der Waals surface area contributed by atoms with Crippen molar-refractivity contribution >= 4 is 5.91 Å². The number of fused-ring (bicyclic) bond motifs is 1. The average Bonchev–Trinajstić information content (AvgIpc) is 2.91. The minimum absolute atomic E-state index is 0.00505. The molecule has 0 saturated carbocycles. The smallest absolute Gasteiger partial charge is 0.239 e. The summed E-state index contributed by atoms with van der Waals surface area (Å²) in [4.78, 5) is 12.5. The molecule has 0 aliphatic carbocycles. The quantitative estimate of drug-likeness (QED) is 0.542. The first kappa shape index (κ1) is 14.3. The molecule has 6 heteroatoms. The molecule has 1 aromatic rings. The van der Waals surface area contributed by atoms with Gasteiger partial charge in [0.15, 0.2) is 0 Å². The number of amides is 1. The van der Waals surface area contributed by atoms with Crippen molar-refractivity contribution in [1.82, 2.24) is 21.5 Å². The highest BCUT2D eigenvalue weighted by molar-refractivity contribution is 5.83. The Hall–Kier alpha value is -1.63. The molecule has 2 fully saturated rings. The number of carbonyl (C=O) groups excluding carboxylic acids is 1. The number of benzene rings is 1. The number of aromatic hydroxyl groups is 1. The molecule has 4 atom stereocenters. The van der Waals surface area contributed by atoms with E-state index in [-0.39, 0.29) is 29.7 Å². The van der Waals surface area contributed by atoms with E-state index in [1.54, 1.807) is 18.2 Å². The lowest BCUT2D eigenvalue weighted by molar-refractivity contribution is -0.124. The predicted molar refractivity (Wildman–Crippen MR) is 79.5 cm³/mol. The molecule has 2 heterocycles. The number of hydrazine groups is 1. The Morgan fingerprint density at radius 3 is 3.10 bits per heavy atom. The number of nitrogens with one attached hydrogen (secondary N) is 4. The van der Waals surface area contributed by atoms with Crippen LogP contribution in [0.2, 0.25) is 0 Å². The molecule has 6 nitrogen and oxygen atoms in total. The van der Waals surface area contributed by atoms with Crippen LogP contribution in [-0.4, -0.2) is 36.2 Å². The molecule has 1 aromatic carbocycles. The molecule has 0 radical (unpaired) electrons. The third-order valence-corrected chi connectivity index (χ3v) is 4.39. The summed E-state index contributed by atoms with van der Waals surface area (Å²) in [6.45, 7) is 3.76. The Morgan fingerprint density at radius 2 is 2.29 bits per heavy atom. The molecule has 2 aliphatic rings. The standard InChI is InChI=1S/C15H22N4O2/c1-9(10-3-2-4-11(20)7-10)17-15(21)14-12-8-16-6-5-13(12)18-19-14/h2-4,7,9,12-14,16,18-20H,5-6,8H2,1H3,(H,17,21). The van der Waals surface area contributed by atoms with Gasteiger partial charge in [0.25, 0.3) is 0 Å². The lowest BCUT2D eigenvalue weighted by Crippen LogP contribution is -2.49. The predicted octanol–water partition coefficient (Wildman–Crippen LogP) is 0.0239. The minimum Gasteiger partial charge on any atom is -0.508 e. The van der Waals surface area contributed by atoms with Gasteiger partial charge in [-0.25, -0.2) is 5.43 Å². The van der Waals surface area contributed by atoms with Crippen molar-refractivity contribution in [3.63, 3.8) is 0 Å². The Kier molecular flexibility index (Phi) is 4.10. The SMILES string of the molecule is CC(NC(=O)C1NNC2CCNCC21)c1cccc(O)c1. The number of carbonyl (C=O) groups is 1. The Morgan fingerprint density at radius 1 is 1.43 bits per heavy atom. The average molecular weight is 290 g/mol. The highest BCUT2D eigenvalue weighted by atomic mass is 16.3. The highest BCUT2D eigenvalue weighted by Gasteiger charge is 2.41. The van der Waals surface area contributed by atoms with Crippen LogP contribution in [-0.2, 0) is 4.79 Å². The summed E-state index contributed by atoms with van der Waals surface area (Å²) in [5.74, 6) is 0.482. The van der Waals surface area contributed by atoms with E-state index in [4.69, 9.17) is 0 Å². The maximum absolute atomic E-state index is 12.5. The van der Waals surface area contributed by atoms with Crippen LogP contribution >= 0.6 is 0 Å². The lowest BCUT2D eigenvalue weighted by atomic mass is 9.89. The molecular weight excluding hydrogens is 268 g/mol. The Labute approximate surface area is 124 Å². The topological polar surface area (TPSA) is 85.4 Å². The number of hydrogen-bond acceptors (Lipinski definition) is 5. The van der Waals surface area contributed by atoms with E-state index in [1.165, 1.54) is 0 Å². The molecule has 21 heavy (non-hydrogen) atoms. The van der Waals surface area contributed by atoms with Crippen LogP contribution in [0.1, 0.15) is 24.9 Å². The number of hydrogen-bond donors (Lipinski definition) is 5. The zero-order chi connectivity index (χ0) is 14.8. The van der Waals surface area contributed by atoms with Gasteiger partial charge in [0.1, 0.15) is 11.8 Å². The van der Waals surface area contributed by atoms with Crippen LogP contribution in [0, 0.1) is 5.92 Å². The van der Waals surface area contributed by atoms with E-state index in [2.05, 4.69) is 21.5 Å². The maximum Gasteiger partial charge on any atom is 0.239 e. The molecular formula is C15H22N4O2. The molecule has 0 spiro atoms. The van der Waals surface area contributed by atoms with E-state index in [9.17, 15) is 9.90 Å². The highest BCUT2D eigenvalue weighted by Crippen LogP contribution is 2.22. The van der Waals surface area contributed by atoms with Gasteiger partial charge in [0.05, 0.1) is 6.04 Å². The zero-order valence-electron chi connectivity index (χ0n) is 12.1. The van der Waals surface area contributed by atoms with Gasteiger partial charge in [0.2, 0.25) is 5.91 Å². The molecule has 4 unspecified atom stereocenters. The zero-order valence-corrected chi connectivity index (χ0v) is 12.1. The lowest BCUT2D eigenvalue weighted by Gasteiger charge is -2.28. The number of rotatable bonds is 3. The molecule has 1 amide bonds. The number of piperidine rings is 1. The Balaban J connectivity index is 1.63. The second-order valence-corrected chi connectivity index (χ2v) is 5.85. The summed E-state index contributed by atoms with van der Waals surface area (Å²) < 4.78 is 0. The van der Waals surface area contributed by atoms with Crippen LogP contribution in [0.15, 0.2) is 24.3 Å². The summed E-state index contributed by atoms with van der Waals surface area (Å²) in [5, 5.41) is 15.9. The first-order valence-corrected chi connectivity index (χ1v) is 7.46. The van der Waals surface area contributed by atoms with Crippen LogP contribution in [0.3, 0.4) is 0 Å². The van der Waals surface area contributed by atoms with Crippen molar-refractivity contribution in [2.75, 3.05) is 13.1 Å². The van der Waals surface area contributed by atoms with Crippen LogP contribution in [0.5, 0.6) is 5.75 Å². The van der Waals surface area contributed by atoms with E-state index in [0.717, 1.165) is 25.1 Å². The maximum atomic E-state index is 12.5. The van der Waals surface area contributed by atoms with Gasteiger partial charge in [-0.15, -0.1) is 0 Å². The fourth-order valence-corrected chi connectivity index (χ4v) is 3.16. The van der Waals surface area contributed by atoms with Gasteiger partial charge in [-0.3, -0.25) is 10.2 Å². The Bertz CT molecular complexity index is 522. The molecule has 2 saturated heterocycles. The first-order valence-electron chi connectivity index (χ1n) is 7.46. The van der Waals surface area contributed by atoms with Crippen LogP contribution < -0.4 is 21.5 Å². The monoisotopic (exact) mass is 290 g/mol. The number of phenols is 1. The molecule has 114 valence electrons. The summed E-state index contributed by atoms with van der Waals surface area (Å²) >= 11 is 0. The third-order valence-electron chi connectivity index (χ3n) is 4.39. The molecule has 3 rings (SSSR count). The van der Waals surface area contributed by atoms with Crippen molar-refractivity contribution in [2.24, 2.45) is 5.92 Å². The molecule has 0 bridgehead atoms. The van der Waals surface area contributed by atoms with E-state index < -0.39 is 0 Å². The van der Waals surface area contributed by atoms with Gasteiger partial charge in [-0.1, -0.05) is 12.1 Å². The summed E-state index contributed by atoms with van der Waals surface area (Å²) in [7, 11) is 0. The largest absolute Gasteiger partial charge is 0.508 e. The molecule has 0 aromatic heterocycles. The van der Waals surface area contributed by atoms with Crippen LogP contribution in [0.25, 0.3) is 0 Å². The van der Waals surface area contributed by atoms with Gasteiger partial charge >= 0.3 is 0 Å². The van der Waals surface area contributed by atoms with Crippen molar-refractivity contribution in [3.05, 3.63) is 29.8 Å². The summed E-state index contributed by atoms with van der Waals surface area (Å²) in [6.07, 6.45) is 1.03. The van der Waals surface area contributed by atoms with Gasteiger partial charge < -0.3 is 15.7 Å². The second kappa shape index (κ2) is 6.01. The second-order valence-electron chi connectivity index (χ2n) is 5.85. The fourth-order valence-electron chi connectivity index (χ4n) is 3.16. The first-order chi connectivity index (χ1) is 10.1. The molecule has 5 N–H and O–H groups in total. The summed E-state index contributed by atoms with van der Waals surface area (Å²) in [5.41, 5.74) is 7.23. The van der Waals surface area contributed by atoms with Crippen molar-refractivity contribution in [3.8, 4) is 5.75 Å². The van der Waals surface area contributed by atoms with E-state index >= 15 is 0 Å². The third kappa shape index (κ3) is 3.02. The van der Waals surface area contributed by atoms with Gasteiger partial charge in [0, 0.05) is 18.5 Å². The van der Waals surface area contributed by atoms with Crippen molar-refractivity contribution < 1.29 is 9.90 Å². The minimum atomic E-state index is -0.220. The van der Waals surface area contributed by atoms with E-state index in [0.29, 0.717) is 6.04 Å². The van der Waals surface area contributed by atoms with Gasteiger partial charge in [-0.2, -0.15) is 0 Å². The van der Waals surface area contributed by atoms with Crippen molar-refractivity contribution in [2.45, 2.75) is 31.5 Å². The fraction of sp³-hybridized carbons (Fsp3) is 0.533.